The van der Waals surface area contributed by atoms with E-state index in [1.807, 2.05) is 12.1 Å². The van der Waals surface area contributed by atoms with Gasteiger partial charge in [0.2, 0.25) is 0 Å². The van der Waals surface area contributed by atoms with E-state index in [1.54, 1.807) is 65.8 Å². The summed E-state index contributed by atoms with van der Waals surface area (Å²) in [4.78, 5) is 23.4. The summed E-state index contributed by atoms with van der Waals surface area (Å²) >= 11 is 0. The number of anilines is 1. The molecule has 1 N–H and O–H groups in total. The Balaban J connectivity index is 2.62. The molecule has 1 aromatic carbocycles. The maximum atomic E-state index is 11.9. The molecule has 0 bridgehead atoms. The van der Waals surface area contributed by atoms with Gasteiger partial charge in [-0.15, -0.1) is 0 Å². The van der Waals surface area contributed by atoms with E-state index in [9.17, 15) is 9.59 Å². The Labute approximate surface area is 149 Å². The van der Waals surface area contributed by atoms with Gasteiger partial charge in [0.05, 0.1) is 5.69 Å². The largest absolute Gasteiger partial charge is 0.509 e. The maximum Gasteiger partial charge on any atom is 0.509 e. The molecule has 0 heterocycles. The zero-order chi connectivity index (χ0) is 19.1. The number of rotatable bonds is 4. The van der Waals surface area contributed by atoms with Crippen molar-refractivity contribution in [3.63, 3.8) is 0 Å². The van der Waals surface area contributed by atoms with Gasteiger partial charge in [-0.25, -0.2) is 9.59 Å². The number of nitrogens with one attached hydrogen (secondary N) is 1. The first kappa shape index (κ1) is 20.5. The predicted molar refractivity (Wildman–Crippen MR) is 97.5 cm³/mol. The summed E-state index contributed by atoms with van der Waals surface area (Å²) in [5.41, 5.74) is 0.201. The molecule has 0 spiro atoms. The monoisotopic (exact) mass is 349 g/mol. The van der Waals surface area contributed by atoms with Crippen molar-refractivity contribution in [2.75, 3.05) is 11.9 Å². The third-order valence-electron chi connectivity index (χ3n) is 2.58. The van der Waals surface area contributed by atoms with Gasteiger partial charge in [0.25, 0.3) is 0 Å². The summed E-state index contributed by atoms with van der Waals surface area (Å²) < 4.78 is 15.3. The van der Waals surface area contributed by atoms with Crippen LogP contribution in [0.1, 0.15) is 47.1 Å². The number of benzene rings is 1. The van der Waals surface area contributed by atoms with Gasteiger partial charge in [0.1, 0.15) is 17.8 Å². The maximum absolute atomic E-state index is 11.9. The normalized spacial score (nSPS) is 11.9. The van der Waals surface area contributed by atoms with Crippen LogP contribution < -0.4 is 5.32 Å². The number of carbonyl (C=O) groups excluding carboxylic acids is 2. The van der Waals surface area contributed by atoms with E-state index in [0.29, 0.717) is 5.69 Å². The van der Waals surface area contributed by atoms with Crippen LogP contribution in [-0.4, -0.2) is 30.1 Å². The molecule has 0 fully saturated rings. The van der Waals surface area contributed by atoms with Crippen molar-refractivity contribution in [2.45, 2.75) is 52.7 Å². The van der Waals surface area contributed by atoms with Crippen LogP contribution in [-0.2, 0) is 14.2 Å². The number of hydrogen-bond donors (Lipinski definition) is 1. The minimum Gasteiger partial charge on any atom is -0.444 e. The second-order valence-corrected chi connectivity index (χ2v) is 7.39. The molecular weight excluding hydrogens is 322 g/mol. The lowest BCUT2D eigenvalue weighted by Gasteiger charge is -2.20. The van der Waals surface area contributed by atoms with E-state index < -0.39 is 23.5 Å². The first-order chi connectivity index (χ1) is 11.5. The van der Waals surface area contributed by atoms with Crippen LogP contribution in [0.5, 0.6) is 0 Å². The number of amides is 1. The van der Waals surface area contributed by atoms with E-state index in [2.05, 4.69) is 5.32 Å². The molecule has 1 aromatic rings. The molecule has 0 saturated heterocycles. The molecule has 1 amide bonds. The van der Waals surface area contributed by atoms with E-state index in [0.717, 1.165) is 5.56 Å². The van der Waals surface area contributed by atoms with Gasteiger partial charge in [-0.05, 0) is 59.2 Å². The first-order valence-electron chi connectivity index (χ1n) is 8.08. The Hall–Kier alpha value is -2.50. The second kappa shape index (κ2) is 8.55. The van der Waals surface area contributed by atoms with Gasteiger partial charge in [0, 0.05) is 0 Å². The van der Waals surface area contributed by atoms with Crippen LogP contribution in [0.3, 0.4) is 0 Å². The summed E-state index contributed by atoms with van der Waals surface area (Å²) in [5.74, 6) is 0. The Bertz CT molecular complexity index is 623. The number of para-hydroxylation sites is 1. The average Bonchev–Trinajstić information content (AvgIpc) is 2.41. The van der Waals surface area contributed by atoms with Crippen molar-refractivity contribution in [1.82, 2.24) is 0 Å². The Morgan fingerprint density at radius 3 is 2.20 bits per heavy atom. The van der Waals surface area contributed by atoms with Gasteiger partial charge < -0.3 is 14.2 Å². The highest BCUT2D eigenvalue weighted by Crippen LogP contribution is 2.18. The lowest BCUT2D eigenvalue weighted by molar-refractivity contribution is -0.00237. The molecule has 1 rings (SSSR count). The van der Waals surface area contributed by atoms with Gasteiger partial charge in [-0.2, -0.15) is 0 Å². The molecule has 0 atom stereocenters. The molecule has 0 aliphatic heterocycles. The van der Waals surface area contributed by atoms with Crippen molar-refractivity contribution in [2.24, 2.45) is 0 Å². The topological polar surface area (TPSA) is 73.9 Å². The van der Waals surface area contributed by atoms with Crippen molar-refractivity contribution < 1.29 is 23.8 Å². The van der Waals surface area contributed by atoms with Crippen molar-refractivity contribution in [3.8, 4) is 0 Å². The summed E-state index contributed by atoms with van der Waals surface area (Å²) in [6.45, 7) is 10.8. The van der Waals surface area contributed by atoms with E-state index in [1.165, 1.54) is 0 Å². The molecule has 6 heteroatoms. The van der Waals surface area contributed by atoms with Gasteiger partial charge in [-0.1, -0.05) is 24.3 Å². The number of ether oxygens (including phenoxy) is 3. The fraction of sp³-hybridized carbons (Fsp3) is 0.474. The molecule has 0 radical (unpaired) electrons. The Morgan fingerprint density at radius 2 is 1.60 bits per heavy atom. The standard InChI is InChI=1S/C19H27NO5/c1-18(2,3)24-16(21)20-15-12-8-7-10-14(15)11-9-13-23-17(22)25-19(4,5)6/h7-12H,13H2,1-6H3,(H,20,21)/b11-9+. The Kier molecular flexibility index (Phi) is 7.03. The van der Waals surface area contributed by atoms with E-state index >= 15 is 0 Å². The molecule has 0 aliphatic rings. The van der Waals surface area contributed by atoms with Gasteiger partial charge in [-0.3, -0.25) is 5.32 Å². The minimum absolute atomic E-state index is 0.0652. The number of hydrogen-bond acceptors (Lipinski definition) is 5. The Morgan fingerprint density at radius 1 is 1.00 bits per heavy atom. The van der Waals surface area contributed by atoms with Crippen LogP contribution in [0, 0.1) is 0 Å². The summed E-state index contributed by atoms with van der Waals surface area (Å²) in [6.07, 6.45) is 2.16. The highest BCUT2D eigenvalue weighted by Gasteiger charge is 2.17. The summed E-state index contributed by atoms with van der Waals surface area (Å²) in [7, 11) is 0. The highest BCUT2D eigenvalue weighted by molar-refractivity contribution is 5.88. The molecular formula is C19H27NO5. The van der Waals surface area contributed by atoms with Gasteiger partial charge >= 0.3 is 12.2 Å². The predicted octanol–water partition coefficient (Wildman–Crippen LogP) is 5.00. The molecule has 0 unspecified atom stereocenters. The zero-order valence-electron chi connectivity index (χ0n) is 15.7. The highest BCUT2D eigenvalue weighted by atomic mass is 16.7. The van der Waals surface area contributed by atoms with Crippen LogP contribution in [0.2, 0.25) is 0 Å². The van der Waals surface area contributed by atoms with Crippen LogP contribution in [0.4, 0.5) is 15.3 Å². The summed E-state index contributed by atoms with van der Waals surface area (Å²) in [6, 6.07) is 7.24. The van der Waals surface area contributed by atoms with Crippen molar-refractivity contribution >= 4 is 24.0 Å². The third-order valence-corrected chi connectivity index (χ3v) is 2.58. The zero-order valence-corrected chi connectivity index (χ0v) is 15.7. The van der Waals surface area contributed by atoms with Crippen LogP contribution >= 0.6 is 0 Å². The lowest BCUT2D eigenvalue weighted by atomic mass is 10.1. The van der Waals surface area contributed by atoms with Crippen LogP contribution in [0.25, 0.3) is 6.08 Å². The van der Waals surface area contributed by atoms with Crippen molar-refractivity contribution in [3.05, 3.63) is 35.9 Å². The van der Waals surface area contributed by atoms with E-state index in [-0.39, 0.29) is 6.61 Å². The van der Waals surface area contributed by atoms with E-state index in [4.69, 9.17) is 14.2 Å². The quantitative estimate of drug-likeness (QED) is 0.774. The van der Waals surface area contributed by atoms with Crippen molar-refractivity contribution in [1.29, 1.82) is 0 Å². The average molecular weight is 349 g/mol. The molecule has 0 saturated carbocycles. The molecule has 0 aromatic heterocycles. The second-order valence-electron chi connectivity index (χ2n) is 7.39. The number of carbonyl (C=O) groups is 2. The van der Waals surface area contributed by atoms with Crippen LogP contribution in [0.15, 0.2) is 30.3 Å². The minimum atomic E-state index is -0.725. The fourth-order valence-electron chi connectivity index (χ4n) is 1.74. The lowest BCUT2D eigenvalue weighted by Crippen LogP contribution is -2.27. The molecule has 25 heavy (non-hydrogen) atoms. The smallest absolute Gasteiger partial charge is 0.444 e. The molecule has 0 aliphatic carbocycles. The first-order valence-corrected chi connectivity index (χ1v) is 8.08. The summed E-state index contributed by atoms with van der Waals surface area (Å²) in [5, 5.41) is 2.70. The molecule has 138 valence electrons. The molecule has 6 nitrogen and oxygen atoms in total. The third kappa shape index (κ3) is 9.39. The SMILES string of the molecule is CC(C)(C)OC(=O)Nc1ccccc1/C=C/COC(=O)OC(C)(C)C. The fourth-order valence-corrected chi connectivity index (χ4v) is 1.74. The van der Waals surface area contributed by atoms with Gasteiger partial charge in [0.15, 0.2) is 0 Å².